The predicted molar refractivity (Wildman–Crippen MR) is 67.2 cm³/mol. The average molecular weight is 222 g/mol. The Hall–Kier alpha value is -0.0800. The van der Waals surface area contributed by atoms with Crippen LogP contribution in [0.5, 0.6) is 0 Å². The van der Waals surface area contributed by atoms with Crippen molar-refractivity contribution in [2.75, 3.05) is 19.6 Å². The molecule has 3 aliphatic rings. The van der Waals surface area contributed by atoms with E-state index in [2.05, 4.69) is 11.8 Å². The van der Waals surface area contributed by atoms with Gasteiger partial charge in [-0.1, -0.05) is 19.3 Å². The fourth-order valence-electron chi connectivity index (χ4n) is 3.96. The summed E-state index contributed by atoms with van der Waals surface area (Å²) in [5.74, 6) is 3.00. The number of nitrogens with zero attached hydrogens (tertiary/aromatic N) is 1. The maximum Gasteiger partial charge on any atom is 0.0306 e. The van der Waals surface area contributed by atoms with E-state index >= 15 is 0 Å². The third-order valence-corrected chi connectivity index (χ3v) is 5.35. The molecule has 2 N–H and O–H groups in total. The van der Waals surface area contributed by atoms with Crippen LogP contribution >= 0.6 is 0 Å². The molecule has 2 aliphatic carbocycles. The number of nitrogens with two attached hydrogens (primary N) is 1. The Morgan fingerprint density at radius 2 is 1.75 bits per heavy atom. The first-order chi connectivity index (χ1) is 7.71. The highest BCUT2D eigenvalue weighted by Gasteiger charge is 2.44. The van der Waals surface area contributed by atoms with Gasteiger partial charge in [-0.3, -0.25) is 4.90 Å². The second kappa shape index (κ2) is 3.99. The van der Waals surface area contributed by atoms with Crippen LogP contribution in [0.25, 0.3) is 0 Å². The van der Waals surface area contributed by atoms with Crippen molar-refractivity contribution in [3.8, 4) is 0 Å². The van der Waals surface area contributed by atoms with Gasteiger partial charge in [0, 0.05) is 25.2 Å². The van der Waals surface area contributed by atoms with E-state index in [1.807, 2.05) is 0 Å². The smallest absolute Gasteiger partial charge is 0.0306 e. The lowest BCUT2D eigenvalue weighted by molar-refractivity contribution is 0.115. The van der Waals surface area contributed by atoms with E-state index in [1.54, 1.807) is 0 Å². The SMILES string of the molecule is CC(CN)(CC1CC1)N1CC2CCCC2C1. The monoisotopic (exact) mass is 222 g/mol. The maximum atomic E-state index is 6.07. The van der Waals surface area contributed by atoms with Gasteiger partial charge in [0.1, 0.15) is 0 Å². The Labute approximate surface area is 99.6 Å². The van der Waals surface area contributed by atoms with E-state index in [0.717, 1.165) is 24.3 Å². The molecule has 3 atom stereocenters. The molecule has 3 unspecified atom stereocenters. The molecule has 1 aliphatic heterocycles. The molecule has 0 aromatic rings. The Bertz CT molecular complexity index is 249. The first-order valence-corrected chi connectivity index (χ1v) is 7.16. The number of hydrogen-bond donors (Lipinski definition) is 1. The number of fused-ring (bicyclic) bond motifs is 1. The van der Waals surface area contributed by atoms with Crippen molar-refractivity contribution < 1.29 is 0 Å². The van der Waals surface area contributed by atoms with Gasteiger partial charge in [0.2, 0.25) is 0 Å². The van der Waals surface area contributed by atoms with Gasteiger partial charge in [0.05, 0.1) is 0 Å². The standard InChI is InChI=1S/C14H26N2/c1-14(10-15,7-11-5-6-11)16-8-12-3-2-4-13(12)9-16/h11-13H,2-10,15H2,1H3. The topological polar surface area (TPSA) is 29.3 Å². The molecule has 0 radical (unpaired) electrons. The highest BCUT2D eigenvalue weighted by atomic mass is 15.2. The summed E-state index contributed by atoms with van der Waals surface area (Å²) in [6, 6.07) is 0. The van der Waals surface area contributed by atoms with Gasteiger partial charge in [0.15, 0.2) is 0 Å². The lowest BCUT2D eigenvalue weighted by Crippen LogP contribution is -2.51. The molecule has 0 aromatic heterocycles. The second-order valence-corrected chi connectivity index (χ2v) is 6.70. The summed E-state index contributed by atoms with van der Waals surface area (Å²) >= 11 is 0. The van der Waals surface area contributed by atoms with Gasteiger partial charge in [0.25, 0.3) is 0 Å². The van der Waals surface area contributed by atoms with Gasteiger partial charge in [-0.2, -0.15) is 0 Å². The zero-order valence-corrected chi connectivity index (χ0v) is 10.6. The number of likely N-dealkylation sites (tertiary alicyclic amines) is 1. The van der Waals surface area contributed by atoms with Gasteiger partial charge in [-0.25, -0.2) is 0 Å². The molecule has 3 fully saturated rings. The van der Waals surface area contributed by atoms with Crippen LogP contribution in [0, 0.1) is 17.8 Å². The van der Waals surface area contributed by atoms with Crippen molar-refractivity contribution in [2.24, 2.45) is 23.5 Å². The summed E-state index contributed by atoms with van der Waals surface area (Å²) < 4.78 is 0. The van der Waals surface area contributed by atoms with Crippen molar-refractivity contribution in [1.82, 2.24) is 4.90 Å². The molecule has 2 heteroatoms. The highest BCUT2D eigenvalue weighted by Crippen LogP contribution is 2.44. The van der Waals surface area contributed by atoms with Crippen molar-refractivity contribution in [3.63, 3.8) is 0 Å². The minimum absolute atomic E-state index is 0.311. The minimum Gasteiger partial charge on any atom is -0.329 e. The normalized spacial score (nSPS) is 38.6. The van der Waals surface area contributed by atoms with E-state index in [-0.39, 0.29) is 0 Å². The quantitative estimate of drug-likeness (QED) is 0.790. The fraction of sp³-hybridized carbons (Fsp3) is 1.00. The molecule has 0 aromatic carbocycles. The molecule has 2 nitrogen and oxygen atoms in total. The molecule has 16 heavy (non-hydrogen) atoms. The Morgan fingerprint density at radius 1 is 1.12 bits per heavy atom. The molecule has 0 bridgehead atoms. The summed E-state index contributed by atoms with van der Waals surface area (Å²) in [7, 11) is 0. The summed E-state index contributed by atoms with van der Waals surface area (Å²) in [4.78, 5) is 2.74. The molecule has 92 valence electrons. The predicted octanol–water partition coefficient (Wildman–Crippen LogP) is 2.24. The first kappa shape index (κ1) is 11.0. The van der Waals surface area contributed by atoms with Crippen molar-refractivity contribution in [1.29, 1.82) is 0 Å². The lowest BCUT2D eigenvalue weighted by atomic mass is 9.92. The number of rotatable bonds is 4. The largest absolute Gasteiger partial charge is 0.329 e. The molecule has 1 heterocycles. The van der Waals surface area contributed by atoms with Crippen molar-refractivity contribution >= 4 is 0 Å². The first-order valence-electron chi connectivity index (χ1n) is 7.16. The second-order valence-electron chi connectivity index (χ2n) is 6.70. The van der Waals surface area contributed by atoms with E-state index in [4.69, 9.17) is 5.73 Å². The fourth-order valence-corrected chi connectivity index (χ4v) is 3.96. The van der Waals surface area contributed by atoms with Crippen LogP contribution in [0.2, 0.25) is 0 Å². The Morgan fingerprint density at radius 3 is 2.25 bits per heavy atom. The minimum atomic E-state index is 0.311. The number of hydrogen-bond acceptors (Lipinski definition) is 2. The van der Waals surface area contributed by atoms with Gasteiger partial charge >= 0.3 is 0 Å². The molecule has 0 spiro atoms. The zero-order valence-electron chi connectivity index (χ0n) is 10.6. The van der Waals surface area contributed by atoms with Crippen LogP contribution in [-0.2, 0) is 0 Å². The van der Waals surface area contributed by atoms with Crippen LogP contribution in [-0.4, -0.2) is 30.1 Å². The maximum absolute atomic E-state index is 6.07. The van der Waals surface area contributed by atoms with E-state index in [9.17, 15) is 0 Å². The van der Waals surface area contributed by atoms with Gasteiger partial charge in [-0.05, 0) is 43.9 Å². The molecule has 0 amide bonds. The average Bonchev–Trinajstić information content (AvgIpc) is 2.79. The van der Waals surface area contributed by atoms with E-state index < -0.39 is 0 Å². The Kier molecular flexibility index (Phi) is 2.75. The lowest BCUT2D eigenvalue weighted by Gasteiger charge is -2.39. The van der Waals surface area contributed by atoms with Crippen LogP contribution in [0.3, 0.4) is 0 Å². The molecule has 3 rings (SSSR count). The van der Waals surface area contributed by atoms with E-state index in [0.29, 0.717) is 5.54 Å². The summed E-state index contributed by atoms with van der Waals surface area (Å²) in [6.07, 6.45) is 8.69. The van der Waals surface area contributed by atoms with Gasteiger partial charge in [-0.15, -0.1) is 0 Å². The third-order valence-electron chi connectivity index (χ3n) is 5.35. The summed E-state index contributed by atoms with van der Waals surface area (Å²) in [5.41, 5.74) is 6.38. The Balaban J connectivity index is 1.65. The molecule has 1 saturated heterocycles. The van der Waals surface area contributed by atoms with E-state index in [1.165, 1.54) is 51.6 Å². The van der Waals surface area contributed by atoms with Crippen LogP contribution in [0.1, 0.15) is 45.4 Å². The van der Waals surface area contributed by atoms with Gasteiger partial charge < -0.3 is 5.73 Å². The molecule has 2 saturated carbocycles. The van der Waals surface area contributed by atoms with Crippen molar-refractivity contribution in [3.05, 3.63) is 0 Å². The van der Waals surface area contributed by atoms with Crippen molar-refractivity contribution in [2.45, 2.75) is 51.0 Å². The van der Waals surface area contributed by atoms with Crippen LogP contribution in [0.15, 0.2) is 0 Å². The zero-order chi connectivity index (χ0) is 11.2. The molecular formula is C14H26N2. The third kappa shape index (κ3) is 1.91. The summed E-state index contributed by atoms with van der Waals surface area (Å²) in [5, 5.41) is 0. The molecular weight excluding hydrogens is 196 g/mol. The van der Waals surface area contributed by atoms with Crippen LogP contribution in [0.4, 0.5) is 0 Å². The summed E-state index contributed by atoms with van der Waals surface area (Å²) in [6.45, 7) is 5.94. The van der Waals surface area contributed by atoms with Crippen LogP contribution < -0.4 is 5.73 Å². The highest BCUT2D eigenvalue weighted by molar-refractivity contribution is 4.99.